The van der Waals surface area contributed by atoms with Crippen LogP contribution in [0.4, 0.5) is 0 Å². The van der Waals surface area contributed by atoms with Crippen LogP contribution in [0.1, 0.15) is 46.0 Å². The van der Waals surface area contributed by atoms with Crippen molar-refractivity contribution in [2.75, 3.05) is 0 Å². The zero-order valence-corrected chi connectivity index (χ0v) is 14.1. The minimum absolute atomic E-state index is 0.0409. The molecular formula is C19H21N5. The molecule has 1 heterocycles. The van der Waals surface area contributed by atoms with Crippen molar-refractivity contribution in [3.05, 3.63) is 46.0 Å². The van der Waals surface area contributed by atoms with Gasteiger partial charge in [-0.05, 0) is 50.0 Å². The van der Waals surface area contributed by atoms with Crippen molar-refractivity contribution in [2.24, 2.45) is 5.73 Å². The van der Waals surface area contributed by atoms with Gasteiger partial charge in [0, 0.05) is 11.7 Å². The minimum atomic E-state index is 0.0409. The Balaban J connectivity index is 2.47. The van der Waals surface area contributed by atoms with Crippen LogP contribution in [0.5, 0.6) is 0 Å². The SMILES string of the molecule is CC1=C/C(=C\C(C)=C(C#N)C#N)C(C#N)=C(N)N1C1CCCCC1. The molecule has 0 aromatic heterocycles. The lowest BCUT2D eigenvalue weighted by atomic mass is 9.91. The molecule has 122 valence electrons. The zero-order valence-electron chi connectivity index (χ0n) is 14.1. The Bertz CT molecular complexity index is 752. The fourth-order valence-electron chi connectivity index (χ4n) is 3.39. The third-order valence-corrected chi connectivity index (χ3v) is 4.59. The Morgan fingerprint density at radius 2 is 1.83 bits per heavy atom. The molecule has 2 rings (SSSR count). The summed E-state index contributed by atoms with van der Waals surface area (Å²) in [4.78, 5) is 2.07. The van der Waals surface area contributed by atoms with Gasteiger partial charge in [-0.2, -0.15) is 15.8 Å². The van der Waals surface area contributed by atoms with Gasteiger partial charge in [0.15, 0.2) is 0 Å². The molecule has 5 heteroatoms. The lowest BCUT2D eigenvalue weighted by Gasteiger charge is -2.39. The summed E-state index contributed by atoms with van der Waals surface area (Å²) in [7, 11) is 0. The molecule has 0 radical (unpaired) electrons. The summed E-state index contributed by atoms with van der Waals surface area (Å²) in [5.41, 5.74) is 8.94. The van der Waals surface area contributed by atoms with E-state index in [1.54, 1.807) is 13.0 Å². The predicted octanol–water partition coefficient (Wildman–Crippen LogP) is 3.52. The molecule has 0 bridgehead atoms. The van der Waals surface area contributed by atoms with Crippen LogP contribution in [0.3, 0.4) is 0 Å². The summed E-state index contributed by atoms with van der Waals surface area (Å²) in [6.45, 7) is 3.68. The van der Waals surface area contributed by atoms with E-state index in [2.05, 4.69) is 11.0 Å². The second kappa shape index (κ2) is 7.53. The maximum absolute atomic E-state index is 9.57. The van der Waals surface area contributed by atoms with E-state index in [0.29, 0.717) is 28.6 Å². The van der Waals surface area contributed by atoms with Crippen molar-refractivity contribution >= 4 is 0 Å². The van der Waals surface area contributed by atoms with Gasteiger partial charge in [0.2, 0.25) is 0 Å². The average Bonchev–Trinajstić information content (AvgIpc) is 2.57. The first-order valence-corrected chi connectivity index (χ1v) is 8.14. The van der Waals surface area contributed by atoms with Crippen molar-refractivity contribution in [3.63, 3.8) is 0 Å². The summed E-state index contributed by atoms with van der Waals surface area (Å²) < 4.78 is 0. The third-order valence-electron chi connectivity index (χ3n) is 4.59. The second-order valence-corrected chi connectivity index (χ2v) is 6.20. The molecule has 0 spiro atoms. The Morgan fingerprint density at radius 3 is 2.38 bits per heavy atom. The van der Waals surface area contributed by atoms with Gasteiger partial charge in [-0.3, -0.25) is 0 Å². The van der Waals surface area contributed by atoms with Crippen LogP contribution < -0.4 is 5.73 Å². The fourth-order valence-corrected chi connectivity index (χ4v) is 3.39. The van der Waals surface area contributed by atoms with Crippen LogP contribution in [0.2, 0.25) is 0 Å². The van der Waals surface area contributed by atoms with Gasteiger partial charge in [0.25, 0.3) is 0 Å². The van der Waals surface area contributed by atoms with Crippen molar-refractivity contribution in [3.8, 4) is 18.2 Å². The van der Waals surface area contributed by atoms with E-state index < -0.39 is 0 Å². The maximum Gasteiger partial charge on any atom is 0.132 e. The smallest absolute Gasteiger partial charge is 0.132 e. The third kappa shape index (κ3) is 3.34. The monoisotopic (exact) mass is 319 g/mol. The molecule has 0 aromatic rings. The predicted molar refractivity (Wildman–Crippen MR) is 91.3 cm³/mol. The van der Waals surface area contributed by atoms with Gasteiger partial charge in [0.05, 0.1) is 5.57 Å². The number of hydrogen-bond acceptors (Lipinski definition) is 5. The molecule has 1 saturated carbocycles. The molecule has 0 unspecified atom stereocenters. The highest BCUT2D eigenvalue weighted by molar-refractivity contribution is 5.58. The summed E-state index contributed by atoms with van der Waals surface area (Å²) in [6, 6.07) is 6.26. The largest absolute Gasteiger partial charge is 0.384 e. The molecule has 2 N–H and O–H groups in total. The highest BCUT2D eigenvalue weighted by Gasteiger charge is 2.28. The Morgan fingerprint density at radius 1 is 1.21 bits per heavy atom. The molecule has 1 aliphatic carbocycles. The van der Waals surface area contributed by atoms with E-state index in [4.69, 9.17) is 16.3 Å². The van der Waals surface area contributed by atoms with Crippen LogP contribution in [-0.2, 0) is 0 Å². The highest BCUT2D eigenvalue weighted by atomic mass is 15.2. The van der Waals surface area contributed by atoms with E-state index in [0.717, 1.165) is 18.5 Å². The zero-order chi connectivity index (χ0) is 17.7. The summed E-state index contributed by atoms with van der Waals surface area (Å²) in [5.74, 6) is 0.471. The van der Waals surface area contributed by atoms with Gasteiger partial charge >= 0.3 is 0 Å². The first-order chi connectivity index (χ1) is 11.5. The number of nitrogens with zero attached hydrogens (tertiary/aromatic N) is 4. The van der Waals surface area contributed by atoms with Crippen LogP contribution in [0.25, 0.3) is 0 Å². The van der Waals surface area contributed by atoms with Gasteiger partial charge in [-0.25, -0.2) is 0 Å². The molecule has 24 heavy (non-hydrogen) atoms. The number of nitriles is 3. The molecule has 1 fully saturated rings. The summed E-state index contributed by atoms with van der Waals surface area (Å²) in [6.07, 6.45) is 9.38. The van der Waals surface area contributed by atoms with E-state index >= 15 is 0 Å². The summed E-state index contributed by atoms with van der Waals surface area (Å²) >= 11 is 0. The molecule has 0 saturated heterocycles. The van der Waals surface area contributed by atoms with Crippen LogP contribution in [0, 0.1) is 34.0 Å². The van der Waals surface area contributed by atoms with Gasteiger partial charge in [-0.1, -0.05) is 19.3 Å². The van der Waals surface area contributed by atoms with Crippen molar-refractivity contribution < 1.29 is 0 Å². The van der Waals surface area contributed by atoms with E-state index in [1.807, 2.05) is 25.1 Å². The standard InChI is InChI=1S/C19H21N5/c1-13(16(10-20)11-21)8-15-9-14(2)24(19(23)18(15)12-22)17-6-4-3-5-7-17/h8-9,17H,3-7,23H2,1-2H3/b15-8+. The Hall–Kier alpha value is -2.97. The minimum Gasteiger partial charge on any atom is -0.384 e. The Kier molecular flexibility index (Phi) is 5.46. The molecule has 0 aromatic carbocycles. The van der Waals surface area contributed by atoms with Crippen LogP contribution in [-0.4, -0.2) is 10.9 Å². The molecule has 0 atom stereocenters. The van der Waals surface area contributed by atoms with Gasteiger partial charge in [0.1, 0.15) is 29.6 Å². The van der Waals surface area contributed by atoms with E-state index in [1.165, 1.54) is 19.3 Å². The van der Waals surface area contributed by atoms with Crippen molar-refractivity contribution in [1.29, 1.82) is 15.8 Å². The fraction of sp³-hybridized carbons (Fsp3) is 0.421. The molecule has 1 aliphatic heterocycles. The number of allylic oxidation sites excluding steroid dienone is 7. The Labute approximate surface area is 143 Å². The molecule has 0 amide bonds. The van der Waals surface area contributed by atoms with Crippen molar-refractivity contribution in [2.45, 2.75) is 52.0 Å². The quantitative estimate of drug-likeness (QED) is 0.785. The first-order valence-electron chi connectivity index (χ1n) is 8.14. The lowest BCUT2D eigenvalue weighted by molar-refractivity contribution is 0.238. The van der Waals surface area contributed by atoms with E-state index in [9.17, 15) is 5.26 Å². The van der Waals surface area contributed by atoms with Gasteiger partial charge < -0.3 is 10.6 Å². The number of nitrogens with two attached hydrogens (primary N) is 1. The second-order valence-electron chi connectivity index (χ2n) is 6.20. The van der Waals surface area contributed by atoms with Gasteiger partial charge in [-0.15, -0.1) is 0 Å². The number of rotatable bonds is 2. The summed E-state index contributed by atoms with van der Waals surface area (Å²) in [5, 5.41) is 27.5. The maximum atomic E-state index is 9.57. The first kappa shape index (κ1) is 17.4. The highest BCUT2D eigenvalue weighted by Crippen LogP contribution is 2.34. The van der Waals surface area contributed by atoms with E-state index in [-0.39, 0.29) is 5.57 Å². The normalized spacial score (nSPS) is 20.0. The topological polar surface area (TPSA) is 101 Å². The van der Waals surface area contributed by atoms with Crippen molar-refractivity contribution in [1.82, 2.24) is 4.90 Å². The molecule has 5 nitrogen and oxygen atoms in total. The van der Waals surface area contributed by atoms with Crippen LogP contribution in [0.15, 0.2) is 46.0 Å². The number of hydrogen-bond donors (Lipinski definition) is 1. The van der Waals surface area contributed by atoms with Crippen LogP contribution >= 0.6 is 0 Å². The molecule has 2 aliphatic rings. The molecular weight excluding hydrogens is 298 g/mol. The lowest BCUT2D eigenvalue weighted by Crippen LogP contribution is -2.40. The average molecular weight is 319 g/mol.